The summed E-state index contributed by atoms with van der Waals surface area (Å²) >= 11 is 1.41. The Morgan fingerprint density at radius 3 is 2.57 bits per heavy atom. The van der Waals surface area contributed by atoms with Crippen LogP contribution in [0, 0.1) is 5.41 Å². The van der Waals surface area contributed by atoms with Crippen LogP contribution in [-0.4, -0.2) is 132 Å². The molecule has 0 saturated carbocycles. The highest BCUT2D eigenvalue weighted by atomic mass is 32.1. The van der Waals surface area contributed by atoms with Gasteiger partial charge in [-0.25, -0.2) is 15.2 Å². The molecular weight excluding hydrogens is 819 g/mol. The summed E-state index contributed by atoms with van der Waals surface area (Å²) in [5.41, 5.74) is 10.6. The Balaban J connectivity index is 1.28. The molecule has 4 aromatic rings. The van der Waals surface area contributed by atoms with E-state index in [-0.39, 0.29) is 37.3 Å². The minimum atomic E-state index is -1.11. The monoisotopic (exact) mass is 883 g/mol. The number of aromatic nitrogens is 3. The number of fused-ring (bicyclic) bond motifs is 6. The number of methoxy groups -OCH3 is 1. The first-order chi connectivity index (χ1) is 30.3. The standard InChI is InChI=1S/C47H65N9O6S/c1-9-31-16-18-55(31)46(59)50-40-42(61-11-3)43-49-37(27-63-43)30-14-15-38-33(23-30)35(25-47(5,6)28-62-45(58)36-13-12-17-56(51-36)44(40)57)41(54(38)10-2)34-24-32(26-48-39(34)29(4)60-8)53-21-19-52(7)20-22-53/h14-15,23-24,26-27,29,31,36,40,42,51H,9-13,16-22,25,28H2,1-8H3,(H,50,59)/t29-,31+,36-,40-,42-/m0/s1. The molecule has 3 aromatic heterocycles. The average molecular weight is 884 g/mol. The van der Waals surface area contributed by atoms with Gasteiger partial charge in [-0.3, -0.25) is 19.6 Å². The zero-order valence-corrected chi connectivity index (χ0v) is 39.1. The number of carbonyl (C=O) groups is 3. The molecule has 15 nitrogen and oxygen atoms in total. The minimum Gasteiger partial charge on any atom is -0.464 e. The van der Waals surface area contributed by atoms with E-state index < -0.39 is 29.6 Å². The summed E-state index contributed by atoms with van der Waals surface area (Å²) < 4.78 is 20.9. The number of ether oxygens (including phenoxy) is 3. The summed E-state index contributed by atoms with van der Waals surface area (Å²) in [6.07, 6.45) is 4.26. The smallest absolute Gasteiger partial charge is 0.324 e. The lowest BCUT2D eigenvalue weighted by atomic mass is 9.84. The van der Waals surface area contributed by atoms with E-state index in [1.165, 1.54) is 16.3 Å². The maximum Gasteiger partial charge on any atom is 0.324 e. The molecule has 5 atom stereocenters. The molecule has 8 rings (SSSR count). The third-order valence-corrected chi connectivity index (χ3v) is 14.3. The van der Waals surface area contributed by atoms with Gasteiger partial charge < -0.3 is 38.8 Å². The van der Waals surface area contributed by atoms with Gasteiger partial charge in [-0.05, 0) is 83.7 Å². The van der Waals surface area contributed by atoms with Crippen molar-refractivity contribution < 1.29 is 28.6 Å². The molecular formula is C47H65N9O6S. The number of nitrogens with one attached hydrogen (secondary N) is 2. The van der Waals surface area contributed by atoms with Gasteiger partial charge in [0.05, 0.1) is 41.7 Å². The van der Waals surface area contributed by atoms with Crippen LogP contribution in [0.2, 0.25) is 0 Å². The van der Waals surface area contributed by atoms with Crippen LogP contribution in [0.3, 0.4) is 0 Å². The number of esters is 1. The fourth-order valence-electron chi connectivity index (χ4n) is 9.56. The topological polar surface area (TPSA) is 147 Å². The van der Waals surface area contributed by atoms with Crippen molar-refractivity contribution in [1.82, 2.24) is 40.1 Å². The number of aryl methyl sites for hydroxylation is 1. The van der Waals surface area contributed by atoms with Gasteiger partial charge in [0.1, 0.15) is 23.2 Å². The van der Waals surface area contributed by atoms with E-state index >= 15 is 0 Å². The molecule has 0 radical (unpaired) electrons. The van der Waals surface area contributed by atoms with Crippen LogP contribution in [-0.2, 0) is 36.8 Å². The largest absolute Gasteiger partial charge is 0.464 e. The highest BCUT2D eigenvalue weighted by Crippen LogP contribution is 2.43. The van der Waals surface area contributed by atoms with E-state index in [1.54, 1.807) is 12.0 Å². The molecule has 63 heavy (non-hydrogen) atoms. The molecule has 1 aromatic carbocycles. The summed E-state index contributed by atoms with van der Waals surface area (Å²) in [6.45, 7) is 18.3. The molecule has 3 fully saturated rings. The highest BCUT2D eigenvalue weighted by Gasteiger charge is 2.42. The quantitative estimate of drug-likeness (QED) is 0.176. The Hall–Kier alpha value is -4.61. The second-order valence-electron chi connectivity index (χ2n) is 18.3. The molecule has 4 aliphatic heterocycles. The number of rotatable bonds is 9. The van der Waals surface area contributed by atoms with Gasteiger partial charge in [-0.15, -0.1) is 11.3 Å². The number of likely N-dealkylation sites (N-methyl/N-ethyl adjacent to an activating group) is 1. The predicted molar refractivity (Wildman–Crippen MR) is 245 cm³/mol. The number of nitrogens with zero attached hydrogens (tertiary/aromatic N) is 7. The van der Waals surface area contributed by atoms with E-state index in [1.807, 2.05) is 25.4 Å². The van der Waals surface area contributed by atoms with E-state index in [9.17, 15) is 14.4 Å². The normalized spacial score (nSPS) is 23.9. The zero-order valence-electron chi connectivity index (χ0n) is 38.2. The summed E-state index contributed by atoms with van der Waals surface area (Å²) in [7, 11) is 3.89. The van der Waals surface area contributed by atoms with Gasteiger partial charge in [0.25, 0.3) is 5.91 Å². The van der Waals surface area contributed by atoms with Gasteiger partial charge in [0, 0.05) is 98.4 Å². The number of thiazole rings is 1. The lowest BCUT2D eigenvalue weighted by Crippen LogP contribution is -2.63. The van der Waals surface area contributed by atoms with Crippen LogP contribution in [0.1, 0.15) is 95.7 Å². The molecule has 3 amide bonds. The van der Waals surface area contributed by atoms with Crippen LogP contribution in [0.4, 0.5) is 10.5 Å². The second kappa shape index (κ2) is 18.9. The molecule has 16 heteroatoms. The third kappa shape index (κ3) is 9.06. The van der Waals surface area contributed by atoms with Crippen LogP contribution in [0.5, 0.6) is 0 Å². The Morgan fingerprint density at radius 2 is 1.87 bits per heavy atom. The van der Waals surface area contributed by atoms with E-state index in [4.69, 9.17) is 24.2 Å². The fraction of sp³-hybridized carbons (Fsp3) is 0.596. The van der Waals surface area contributed by atoms with Crippen LogP contribution in [0.25, 0.3) is 33.4 Å². The molecule has 6 bridgehead atoms. The van der Waals surface area contributed by atoms with Crippen LogP contribution in [0.15, 0.2) is 35.8 Å². The van der Waals surface area contributed by atoms with E-state index in [0.29, 0.717) is 43.9 Å². The number of benzene rings is 1. The molecule has 0 aliphatic carbocycles. The van der Waals surface area contributed by atoms with Crippen molar-refractivity contribution in [3.8, 4) is 22.5 Å². The molecule has 7 heterocycles. The number of carbonyl (C=O) groups excluding carboxylic acids is 3. The van der Waals surface area contributed by atoms with Crippen molar-refractivity contribution in [3.05, 3.63) is 52.1 Å². The molecule has 0 spiro atoms. The maximum absolute atomic E-state index is 14.7. The Bertz CT molecular complexity index is 2300. The number of hydrogen-bond acceptors (Lipinski definition) is 12. The first-order valence-corrected chi connectivity index (χ1v) is 23.7. The summed E-state index contributed by atoms with van der Waals surface area (Å²) in [4.78, 5) is 59.4. The molecule has 2 N–H and O–H groups in total. The van der Waals surface area contributed by atoms with Gasteiger partial charge in [0.2, 0.25) is 0 Å². The van der Waals surface area contributed by atoms with Gasteiger partial charge in [0.15, 0.2) is 0 Å². The summed E-state index contributed by atoms with van der Waals surface area (Å²) in [5, 5.41) is 8.19. The Morgan fingerprint density at radius 1 is 1.08 bits per heavy atom. The first-order valence-electron chi connectivity index (χ1n) is 22.8. The van der Waals surface area contributed by atoms with Crippen LogP contribution < -0.4 is 15.6 Å². The van der Waals surface area contributed by atoms with Crippen molar-refractivity contribution >= 4 is 45.8 Å². The van der Waals surface area contributed by atoms with Crippen molar-refractivity contribution in [2.24, 2.45) is 5.41 Å². The number of piperazine rings is 1. The number of urea groups is 1. The lowest BCUT2D eigenvalue weighted by Gasteiger charge is -2.42. The lowest BCUT2D eigenvalue weighted by molar-refractivity contribution is -0.156. The maximum atomic E-state index is 14.7. The number of anilines is 1. The van der Waals surface area contributed by atoms with Gasteiger partial charge in [-0.1, -0.05) is 26.8 Å². The summed E-state index contributed by atoms with van der Waals surface area (Å²) in [5.74, 6) is -0.808. The van der Waals surface area contributed by atoms with Gasteiger partial charge >= 0.3 is 12.0 Å². The number of hydrogen-bond donors (Lipinski definition) is 2. The number of likely N-dealkylation sites (tertiary alicyclic amines) is 1. The van der Waals surface area contributed by atoms with Crippen molar-refractivity contribution in [1.29, 1.82) is 0 Å². The predicted octanol–water partition coefficient (Wildman–Crippen LogP) is 6.57. The molecule has 340 valence electrons. The Labute approximate surface area is 375 Å². The number of pyridine rings is 1. The first kappa shape index (κ1) is 45.0. The number of cyclic esters (lactones) is 1. The number of hydrazine groups is 1. The van der Waals surface area contributed by atoms with Crippen LogP contribution >= 0.6 is 11.3 Å². The second-order valence-corrected chi connectivity index (χ2v) is 19.2. The molecule has 4 aliphatic rings. The van der Waals surface area contributed by atoms with Crippen molar-refractivity contribution in [2.75, 3.05) is 71.5 Å². The van der Waals surface area contributed by atoms with Crippen molar-refractivity contribution in [3.63, 3.8) is 0 Å². The SMILES string of the molecule is CCO[C@@H]1c2nc(cs2)-c2ccc3c(c2)c(c(-c2cc(N4CCN(C)CC4)cnc2[C@H](C)OC)n3CC)CC(C)(C)COC(=O)[C@@H]2CCCN(N2)C(=O)[C@H]1NC(=O)N1CC[C@H]1CC. The zero-order chi connectivity index (χ0) is 44.6. The van der Waals surface area contributed by atoms with E-state index in [0.717, 1.165) is 89.4 Å². The van der Waals surface area contributed by atoms with Crippen molar-refractivity contribution in [2.45, 2.75) is 111 Å². The average Bonchev–Trinajstić information content (AvgIpc) is 3.88. The molecule has 3 saturated heterocycles. The third-order valence-electron chi connectivity index (χ3n) is 13.4. The fourth-order valence-corrected chi connectivity index (χ4v) is 10.5. The highest BCUT2D eigenvalue weighted by molar-refractivity contribution is 7.10. The molecule has 0 unspecified atom stereocenters. The number of amides is 3. The van der Waals surface area contributed by atoms with Gasteiger partial charge in [-0.2, -0.15) is 0 Å². The van der Waals surface area contributed by atoms with E-state index in [2.05, 4.69) is 84.1 Å². The summed E-state index contributed by atoms with van der Waals surface area (Å²) in [6, 6.07) is 6.74. The minimum absolute atomic E-state index is 0.114. The Kier molecular flexibility index (Phi) is 13.5.